The van der Waals surface area contributed by atoms with Gasteiger partial charge in [0.15, 0.2) is 5.96 Å². The summed E-state index contributed by atoms with van der Waals surface area (Å²) in [5.41, 5.74) is 1.22. The summed E-state index contributed by atoms with van der Waals surface area (Å²) in [6, 6.07) is 14.4. The Balaban J connectivity index is 1.63. The van der Waals surface area contributed by atoms with Gasteiger partial charge in [0.1, 0.15) is 10.8 Å². The number of furan rings is 1. The molecule has 0 fully saturated rings. The summed E-state index contributed by atoms with van der Waals surface area (Å²) in [5, 5.41) is 7.88. The molecule has 0 amide bonds. The fraction of sp³-hybridized carbons (Fsp3) is 0.300. The Morgan fingerprint density at radius 1 is 1.23 bits per heavy atom. The number of nitrogens with zero attached hydrogens (tertiary/aromatic N) is 2. The number of aromatic nitrogens is 1. The molecule has 1 aromatic carbocycles. The van der Waals surface area contributed by atoms with Crippen LogP contribution in [-0.2, 0) is 13.0 Å². The maximum absolute atomic E-state index is 5.39. The standard InChI is InChI=1S/C20H24N4OS/c1-15-13-22-19(26-15)14-23-20(21-11-10-18-9-6-12-25-18)24-16(2)17-7-4-3-5-8-17/h3-9,12-13,16H,10-11,14H2,1-2H3,(H2,21,23,24). The number of aliphatic imine (C=N–C) groups is 1. The number of nitrogens with one attached hydrogen (secondary N) is 2. The zero-order chi connectivity index (χ0) is 18.2. The highest BCUT2D eigenvalue weighted by Crippen LogP contribution is 2.13. The molecule has 1 unspecified atom stereocenters. The van der Waals surface area contributed by atoms with Crippen molar-refractivity contribution in [2.24, 2.45) is 4.99 Å². The quantitative estimate of drug-likeness (QED) is 0.487. The van der Waals surface area contributed by atoms with Crippen LogP contribution in [0.3, 0.4) is 0 Å². The summed E-state index contributed by atoms with van der Waals surface area (Å²) in [6.45, 7) is 5.50. The van der Waals surface area contributed by atoms with Gasteiger partial charge in [0.2, 0.25) is 0 Å². The molecule has 0 aliphatic carbocycles. The Bertz CT molecular complexity index is 811. The lowest BCUT2D eigenvalue weighted by molar-refractivity contribution is 0.506. The van der Waals surface area contributed by atoms with Crippen molar-refractivity contribution in [2.45, 2.75) is 32.9 Å². The van der Waals surface area contributed by atoms with Gasteiger partial charge >= 0.3 is 0 Å². The average molecular weight is 369 g/mol. The summed E-state index contributed by atoms with van der Waals surface area (Å²) >= 11 is 1.68. The zero-order valence-electron chi connectivity index (χ0n) is 15.1. The van der Waals surface area contributed by atoms with Gasteiger partial charge in [-0.15, -0.1) is 11.3 Å². The number of aryl methyl sites for hydroxylation is 1. The Morgan fingerprint density at radius 3 is 2.77 bits per heavy atom. The van der Waals surface area contributed by atoms with Crippen LogP contribution in [0.1, 0.15) is 34.2 Å². The molecule has 26 heavy (non-hydrogen) atoms. The third kappa shape index (κ3) is 5.46. The van der Waals surface area contributed by atoms with E-state index < -0.39 is 0 Å². The average Bonchev–Trinajstić information content (AvgIpc) is 3.32. The van der Waals surface area contributed by atoms with Crippen LogP contribution in [0.15, 0.2) is 64.3 Å². The molecule has 0 saturated carbocycles. The number of hydrogen-bond donors (Lipinski definition) is 2. The molecule has 1 atom stereocenters. The van der Waals surface area contributed by atoms with Gasteiger partial charge in [-0.25, -0.2) is 9.98 Å². The van der Waals surface area contributed by atoms with Gasteiger partial charge in [0, 0.05) is 24.0 Å². The zero-order valence-corrected chi connectivity index (χ0v) is 15.9. The Morgan fingerprint density at radius 2 is 2.08 bits per heavy atom. The summed E-state index contributed by atoms with van der Waals surface area (Å²) in [4.78, 5) is 10.3. The fourth-order valence-corrected chi connectivity index (χ4v) is 3.27. The van der Waals surface area contributed by atoms with Gasteiger partial charge in [-0.1, -0.05) is 30.3 Å². The maximum Gasteiger partial charge on any atom is 0.192 e. The summed E-state index contributed by atoms with van der Waals surface area (Å²) in [5.74, 6) is 1.74. The first-order valence-corrected chi connectivity index (χ1v) is 9.56. The molecule has 0 aliphatic heterocycles. The first-order valence-electron chi connectivity index (χ1n) is 8.74. The largest absolute Gasteiger partial charge is 0.469 e. The van der Waals surface area contributed by atoms with Crippen molar-refractivity contribution in [3.8, 4) is 0 Å². The van der Waals surface area contributed by atoms with Crippen molar-refractivity contribution in [1.29, 1.82) is 0 Å². The van der Waals surface area contributed by atoms with Gasteiger partial charge in [0.25, 0.3) is 0 Å². The summed E-state index contributed by atoms with van der Waals surface area (Å²) in [6.07, 6.45) is 4.40. The van der Waals surface area contributed by atoms with Crippen LogP contribution >= 0.6 is 11.3 Å². The van der Waals surface area contributed by atoms with Crippen molar-refractivity contribution in [2.75, 3.05) is 6.54 Å². The number of benzene rings is 1. The van der Waals surface area contributed by atoms with E-state index in [-0.39, 0.29) is 6.04 Å². The van der Waals surface area contributed by atoms with Crippen LogP contribution in [0.5, 0.6) is 0 Å². The highest BCUT2D eigenvalue weighted by atomic mass is 32.1. The van der Waals surface area contributed by atoms with Gasteiger partial charge in [-0.05, 0) is 31.5 Å². The predicted octanol–water partition coefficient (Wildman–Crippen LogP) is 4.08. The minimum Gasteiger partial charge on any atom is -0.469 e. The molecule has 5 nitrogen and oxygen atoms in total. The first-order chi connectivity index (χ1) is 12.7. The summed E-state index contributed by atoms with van der Waals surface area (Å²) in [7, 11) is 0. The molecule has 2 N–H and O–H groups in total. The second-order valence-electron chi connectivity index (χ2n) is 6.06. The lowest BCUT2D eigenvalue weighted by Gasteiger charge is -2.18. The van der Waals surface area contributed by atoms with Crippen molar-refractivity contribution < 1.29 is 4.42 Å². The van der Waals surface area contributed by atoms with Crippen LogP contribution in [0.2, 0.25) is 0 Å². The second kappa shape index (κ2) is 9.20. The van der Waals surface area contributed by atoms with Gasteiger partial charge in [-0.2, -0.15) is 0 Å². The lowest BCUT2D eigenvalue weighted by Crippen LogP contribution is -2.39. The van der Waals surface area contributed by atoms with Crippen LogP contribution in [-0.4, -0.2) is 17.5 Å². The van der Waals surface area contributed by atoms with E-state index >= 15 is 0 Å². The SMILES string of the molecule is Cc1cnc(CN=C(NCCc2ccco2)NC(C)c2ccccc2)s1. The molecule has 2 aromatic heterocycles. The van der Waals surface area contributed by atoms with Crippen LogP contribution in [0, 0.1) is 6.92 Å². The molecular formula is C20H24N4OS. The molecular weight excluding hydrogens is 344 g/mol. The van der Waals surface area contributed by atoms with Gasteiger partial charge < -0.3 is 15.1 Å². The third-order valence-electron chi connectivity index (χ3n) is 3.94. The van der Waals surface area contributed by atoms with Gasteiger partial charge in [0.05, 0.1) is 18.8 Å². The van der Waals surface area contributed by atoms with Crippen LogP contribution in [0.4, 0.5) is 0 Å². The Kier molecular flexibility index (Phi) is 6.44. The van der Waals surface area contributed by atoms with Gasteiger partial charge in [-0.3, -0.25) is 0 Å². The normalized spacial score (nSPS) is 12.8. The smallest absolute Gasteiger partial charge is 0.192 e. The molecule has 0 spiro atoms. The highest BCUT2D eigenvalue weighted by Gasteiger charge is 2.08. The highest BCUT2D eigenvalue weighted by molar-refractivity contribution is 7.11. The van der Waals surface area contributed by atoms with E-state index in [9.17, 15) is 0 Å². The van der Waals surface area contributed by atoms with E-state index in [2.05, 4.69) is 41.6 Å². The molecule has 0 aliphatic rings. The molecule has 0 radical (unpaired) electrons. The van der Waals surface area contributed by atoms with Crippen molar-refractivity contribution >= 4 is 17.3 Å². The fourth-order valence-electron chi connectivity index (χ4n) is 2.56. The number of thiazole rings is 1. The van der Waals surface area contributed by atoms with E-state index in [0.717, 1.165) is 29.7 Å². The van der Waals surface area contributed by atoms with E-state index in [1.54, 1.807) is 17.6 Å². The number of guanidine groups is 1. The van der Waals surface area contributed by atoms with Crippen LogP contribution < -0.4 is 10.6 Å². The topological polar surface area (TPSA) is 62.5 Å². The molecule has 0 saturated heterocycles. The third-order valence-corrected chi connectivity index (χ3v) is 4.84. The molecule has 2 heterocycles. The van der Waals surface area contributed by atoms with E-state index in [4.69, 9.17) is 9.41 Å². The predicted molar refractivity (Wildman–Crippen MR) is 106 cm³/mol. The van der Waals surface area contributed by atoms with E-state index in [0.29, 0.717) is 6.54 Å². The van der Waals surface area contributed by atoms with E-state index in [1.165, 1.54) is 10.4 Å². The molecule has 136 valence electrons. The molecule has 6 heteroatoms. The van der Waals surface area contributed by atoms with Crippen molar-refractivity contribution in [1.82, 2.24) is 15.6 Å². The first kappa shape index (κ1) is 18.2. The Labute approximate surface area is 158 Å². The molecule has 3 aromatic rings. The Hall–Kier alpha value is -2.60. The number of rotatable bonds is 7. The second-order valence-corrected chi connectivity index (χ2v) is 7.38. The maximum atomic E-state index is 5.39. The minimum absolute atomic E-state index is 0.157. The van der Waals surface area contributed by atoms with E-state index in [1.807, 2.05) is 36.5 Å². The van der Waals surface area contributed by atoms with Crippen molar-refractivity contribution in [3.05, 3.63) is 76.1 Å². The monoisotopic (exact) mass is 368 g/mol. The molecule has 0 bridgehead atoms. The molecule has 3 rings (SSSR count). The van der Waals surface area contributed by atoms with Crippen LogP contribution in [0.25, 0.3) is 0 Å². The minimum atomic E-state index is 0.157. The van der Waals surface area contributed by atoms with Crippen molar-refractivity contribution in [3.63, 3.8) is 0 Å². The lowest BCUT2D eigenvalue weighted by atomic mass is 10.1. The summed E-state index contributed by atoms with van der Waals surface area (Å²) < 4.78 is 5.39. The number of hydrogen-bond acceptors (Lipinski definition) is 4.